The third-order valence-electron chi connectivity index (χ3n) is 4.60. The molecular formula is C18H16N4O2S2. The Bertz CT molecular complexity index is 1100. The highest BCUT2D eigenvalue weighted by atomic mass is 32.1. The van der Waals surface area contributed by atoms with E-state index in [4.69, 9.17) is 0 Å². The van der Waals surface area contributed by atoms with E-state index in [0.717, 1.165) is 41.8 Å². The summed E-state index contributed by atoms with van der Waals surface area (Å²) in [6.45, 7) is 1.66. The zero-order valence-corrected chi connectivity index (χ0v) is 15.8. The Balaban J connectivity index is 1.69. The van der Waals surface area contributed by atoms with Crippen molar-refractivity contribution in [2.24, 2.45) is 0 Å². The molecule has 26 heavy (non-hydrogen) atoms. The van der Waals surface area contributed by atoms with Crippen LogP contribution in [0.2, 0.25) is 0 Å². The number of ketones is 1. The van der Waals surface area contributed by atoms with Gasteiger partial charge >= 0.3 is 0 Å². The topological polar surface area (TPSA) is 88.6 Å². The second kappa shape index (κ2) is 6.74. The van der Waals surface area contributed by atoms with Gasteiger partial charge in [-0.2, -0.15) is 5.26 Å². The van der Waals surface area contributed by atoms with Gasteiger partial charge in [-0.15, -0.1) is 22.7 Å². The van der Waals surface area contributed by atoms with Crippen LogP contribution < -0.4 is 5.56 Å². The highest BCUT2D eigenvalue weighted by Crippen LogP contribution is 2.33. The lowest BCUT2D eigenvalue weighted by molar-refractivity contribution is -0.120. The first kappa shape index (κ1) is 17.1. The lowest BCUT2D eigenvalue weighted by Crippen LogP contribution is -2.27. The Kier molecular flexibility index (Phi) is 4.42. The van der Waals surface area contributed by atoms with E-state index in [1.54, 1.807) is 11.3 Å². The first-order chi connectivity index (χ1) is 12.6. The number of aryl methyl sites for hydroxylation is 3. The van der Waals surface area contributed by atoms with Crippen LogP contribution in [0.25, 0.3) is 10.2 Å². The van der Waals surface area contributed by atoms with E-state index in [1.165, 1.54) is 27.1 Å². The summed E-state index contributed by atoms with van der Waals surface area (Å²) in [6.07, 6.45) is 5.53. The van der Waals surface area contributed by atoms with Crippen LogP contribution in [-0.2, 0) is 24.2 Å². The van der Waals surface area contributed by atoms with Gasteiger partial charge in [0.25, 0.3) is 5.56 Å². The number of thiophene rings is 1. The molecule has 0 bridgehead atoms. The SMILES string of the molecule is Cc1csc(C(C#N)C(=O)Cn2cnc3sc4c(c3c2=O)CCCC4)n1. The molecular weight excluding hydrogens is 368 g/mol. The van der Waals surface area contributed by atoms with Crippen molar-refractivity contribution < 1.29 is 4.79 Å². The van der Waals surface area contributed by atoms with Gasteiger partial charge in [0.05, 0.1) is 24.3 Å². The number of hydrogen-bond donors (Lipinski definition) is 0. The van der Waals surface area contributed by atoms with E-state index in [-0.39, 0.29) is 17.9 Å². The zero-order chi connectivity index (χ0) is 18.3. The maximum Gasteiger partial charge on any atom is 0.262 e. The van der Waals surface area contributed by atoms with Crippen LogP contribution >= 0.6 is 22.7 Å². The van der Waals surface area contributed by atoms with Gasteiger partial charge in [-0.1, -0.05) is 0 Å². The average molecular weight is 384 g/mol. The first-order valence-corrected chi connectivity index (χ1v) is 10.1. The highest BCUT2D eigenvalue weighted by molar-refractivity contribution is 7.18. The number of hydrogen-bond acceptors (Lipinski definition) is 7. The van der Waals surface area contributed by atoms with Crippen molar-refractivity contribution in [3.63, 3.8) is 0 Å². The van der Waals surface area contributed by atoms with E-state index in [1.807, 2.05) is 18.4 Å². The number of nitriles is 1. The van der Waals surface area contributed by atoms with Gasteiger partial charge in [0.2, 0.25) is 0 Å². The maximum absolute atomic E-state index is 12.9. The van der Waals surface area contributed by atoms with Crippen molar-refractivity contribution in [1.29, 1.82) is 5.26 Å². The molecule has 0 aliphatic heterocycles. The third kappa shape index (κ3) is 2.87. The summed E-state index contributed by atoms with van der Waals surface area (Å²) in [6, 6.07) is 2.02. The molecule has 6 nitrogen and oxygen atoms in total. The molecule has 1 aliphatic carbocycles. The molecule has 8 heteroatoms. The molecule has 132 valence electrons. The lowest BCUT2D eigenvalue weighted by Gasteiger charge is -2.11. The summed E-state index contributed by atoms with van der Waals surface area (Å²) < 4.78 is 1.33. The molecule has 0 aromatic carbocycles. The van der Waals surface area contributed by atoms with Crippen LogP contribution in [0.15, 0.2) is 16.5 Å². The predicted octanol–water partition coefficient (Wildman–Crippen LogP) is 2.98. The van der Waals surface area contributed by atoms with Crippen LogP contribution in [-0.4, -0.2) is 20.3 Å². The van der Waals surface area contributed by atoms with Gasteiger partial charge in [-0.3, -0.25) is 14.2 Å². The normalized spacial score (nSPS) is 14.8. The van der Waals surface area contributed by atoms with Crippen molar-refractivity contribution in [2.45, 2.75) is 45.1 Å². The monoisotopic (exact) mass is 384 g/mol. The van der Waals surface area contributed by atoms with Crippen LogP contribution in [0.1, 0.15) is 39.9 Å². The number of rotatable bonds is 4. The van der Waals surface area contributed by atoms with E-state index < -0.39 is 5.92 Å². The van der Waals surface area contributed by atoms with Gasteiger partial charge in [-0.25, -0.2) is 9.97 Å². The van der Waals surface area contributed by atoms with Crippen LogP contribution in [0.3, 0.4) is 0 Å². The third-order valence-corrected chi connectivity index (χ3v) is 6.83. The summed E-state index contributed by atoms with van der Waals surface area (Å²) in [5, 5.41) is 12.3. The summed E-state index contributed by atoms with van der Waals surface area (Å²) in [5.41, 5.74) is 1.70. The molecule has 3 heterocycles. The Morgan fingerprint density at radius 1 is 1.42 bits per heavy atom. The summed E-state index contributed by atoms with van der Waals surface area (Å²) in [7, 11) is 0. The fraction of sp³-hybridized carbons (Fsp3) is 0.389. The number of aromatic nitrogens is 3. The fourth-order valence-electron chi connectivity index (χ4n) is 3.32. The number of fused-ring (bicyclic) bond motifs is 3. The van der Waals surface area contributed by atoms with Crippen molar-refractivity contribution in [3.8, 4) is 6.07 Å². The van der Waals surface area contributed by atoms with Crippen LogP contribution in [0, 0.1) is 18.3 Å². The summed E-state index contributed by atoms with van der Waals surface area (Å²) in [4.78, 5) is 36.2. The quantitative estimate of drug-likeness (QED) is 0.690. The number of carbonyl (C=O) groups is 1. The summed E-state index contributed by atoms with van der Waals surface area (Å²) >= 11 is 2.87. The second-order valence-electron chi connectivity index (χ2n) is 6.42. The van der Waals surface area contributed by atoms with Crippen molar-refractivity contribution >= 4 is 38.7 Å². The van der Waals surface area contributed by atoms with E-state index >= 15 is 0 Å². The predicted molar refractivity (Wildman–Crippen MR) is 101 cm³/mol. The molecule has 0 saturated carbocycles. The molecule has 4 rings (SSSR count). The number of Topliss-reactive ketones (excluding diaryl/α,β-unsaturated/α-hetero) is 1. The lowest BCUT2D eigenvalue weighted by atomic mass is 9.97. The number of nitrogens with zero attached hydrogens (tertiary/aromatic N) is 4. The first-order valence-electron chi connectivity index (χ1n) is 8.42. The molecule has 0 fully saturated rings. The highest BCUT2D eigenvalue weighted by Gasteiger charge is 2.25. The Morgan fingerprint density at radius 2 is 2.23 bits per heavy atom. The van der Waals surface area contributed by atoms with Crippen molar-refractivity contribution in [2.75, 3.05) is 0 Å². The average Bonchev–Trinajstić information content (AvgIpc) is 3.22. The minimum absolute atomic E-state index is 0.163. The maximum atomic E-state index is 12.9. The molecule has 0 saturated heterocycles. The molecule has 0 spiro atoms. The van der Waals surface area contributed by atoms with E-state index in [2.05, 4.69) is 9.97 Å². The van der Waals surface area contributed by atoms with Gasteiger partial charge in [0.1, 0.15) is 9.84 Å². The Labute approximate surface area is 157 Å². The standard InChI is InChI=1S/C18H16N4O2S2/c1-10-8-25-16(21-10)12(6-19)13(23)7-22-9-20-17-15(18(22)24)11-4-2-3-5-14(11)26-17/h8-9,12H,2-5,7H2,1H3. The number of carbonyl (C=O) groups excluding carboxylic acids is 1. The van der Waals surface area contributed by atoms with E-state index in [0.29, 0.717) is 10.4 Å². The molecule has 3 aromatic heterocycles. The van der Waals surface area contributed by atoms with Gasteiger partial charge in [0.15, 0.2) is 11.7 Å². The van der Waals surface area contributed by atoms with Crippen LogP contribution in [0.4, 0.5) is 0 Å². The largest absolute Gasteiger partial charge is 0.296 e. The molecule has 1 unspecified atom stereocenters. The molecule has 1 aliphatic rings. The van der Waals surface area contributed by atoms with E-state index in [9.17, 15) is 14.9 Å². The fourth-order valence-corrected chi connectivity index (χ4v) is 5.40. The van der Waals surface area contributed by atoms with Gasteiger partial charge in [0, 0.05) is 16.0 Å². The van der Waals surface area contributed by atoms with Gasteiger partial charge in [-0.05, 0) is 38.2 Å². The summed E-state index contributed by atoms with van der Waals surface area (Å²) in [5.74, 6) is -1.29. The van der Waals surface area contributed by atoms with Crippen molar-refractivity contribution in [1.82, 2.24) is 14.5 Å². The molecule has 0 amide bonds. The Hall–Kier alpha value is -2.37. The van der Waals surface area contributed by atoms with Crippen molar-refractivity contribution in [3.05, 3.63) is 43.2 Å². The molecule has 0 radical (unpaired) electrons. The second-order valence-corrected chi connectivity index (χ2v) is 8.40. The smallest absolute Gasteiger partial charge is 0.262 e. The Morgan fingerprint density at radius 3 is 2.96 bits per heavy atom. The van der Waals surface area contributed by atoms with Crippen LogP contribution in [0.5, 0.6) is 0 Å². The minimum Gasteiger partial charge on any atom is -0.296 e. The van der Waals surface area contributed by atoms with Gasteiger partial charge < -0.3 is 0 Å². The molecule has 3 aromatic rings. The molecule has 1 atom stereocenters. The number of thiazole rings is 1. The minimum atomic E-state index is -0.951. The zero-order valence-electron chi connectivity index (χ0n) is 14.2. The molecule has 0 N–H and O–H groups in total.